The normalized spacial score (nSPS) is 11.5. The van der Waals surface area contributed by atoms with E-state index < -0.39 is 16.5 Å². The molecule has 0 aliphatic rings. The average molecular weight is 205 g/mol. The third-order valence-electron chi connectivity index (χ3n) is 0.638. The largest absolute Gasteiger partial charge is 1.00 e. The standard InChI is InChI=1S/C6H17NSi2.2Na/c1-8(2,3)7-9(4,5)6;;/h1H2,2-6H3;;/q-2;2*+1. The van der Waals surface area contributed by atoms with Gasteiger partial charge in [0.1, 0.15) is 0 Å². The van der Waals surface area contributed by atoms with E-state index in [2.05, 4.69) is 39.3 Å². The van der Waals surface area contributed by atoms with Gasteiger partial charge in [-0.1, -0.05) is 27.9 Å². The fourth-order valence-corrected chi connectivity index (χ4v) is 8.17. The Morgan fingerprint density at radius 1 is 0.909 bits per heavy atom. The van der Waals surface area contributed by atoms with E-state index in [1.165, 1.54) is 0 Å². The smallest absolute Gasteiger partial charge is 0.689 e. The quantitative estimate of drug-likeness (QED) is 0.333. The maximum atomic E-state index is 4.71. The second-order valence-corrected chi connectivity index (χ2v) is 13.0. The van der Waals surface area contributed by atoms with Crippen molar-refractivity contribution in [1.82, 2.24) is 0 Å². The molecule has 0 atom stereocenters. The molecule has 0 spiro atoms. The average Bonchev–Trinajstić information content (AvgIpc) is 1.14. The van der Waals surface area contributed by atoms with Crippen LogP contribution in [0.3, 0.4) is 0 Å². The summed E-state index contributed by atoms with van der Waals surface area (Å²) >= 11 is 0. The molecule has 0 N–H and O–H groups in total. The van der Waals surface area contributed by atoms with Crippen LogP contribution in [-0.4, -0.2) is 16.5 Å². The third kappa shape index (κ3) is 19.0. The molecule has 0 bridgehead atoms. The molecule has 0 aromatic heterocycles. The first kappa shape index (κ1) is 19.0. The first-order chi connectivity index (χ1) is 3.71. The number of hydrogen-bond donors (Lipinski definition) is 0. The van der Waals surface area contributed by atoms with Gasteiger partial charge < -0.3 is 11.2 Å². The van der Waals surface area contributed by atoms with Crippen LogP contribution in [0.1, 0.15) is 0 Å². The van der Waals surface area contributed by atoms with E-state index in [4.69, 9.17) is 4.65 Å². The maximum absolute atomic E-state index is 4.71. The van der Waals surface area contributed by atoms with Crippen LogP contribution in [0.15, 0.2) is 0 Å². The van der Waals surface area contributed by atoms with Crippen molar-refractivity contribution in [1.29, 1.82) is 0 Å². The van der Waals surface area contributed by atoms with Crippen LogP contribution < -0.4 is 59.1 Å². The Balaban J connectivity index is -0.000000320. The summed E-state index contributed by atoms with van der Waals surface area (Å²) in [6.07, 6.45) is 0. The molecule has 0 rings (SSSR count). The summed E-state index contributed by atoms with van der Waals surface area (Å²) in [6.45, 7) is 15.2. The van der Waals surface area contributed by atoms with Crippen molar-refractivity contribution in [2.75, 3.05) is 0 Å². The van der Waals surface area contributed by atoms with Gasteiger partial charge in [0, 0.05) is 0 Å². The molecule has 0 saturated carbocycles. The Labute approximate surface area is 118 Å². The zero-order valence-electron chi connectivity index (χ0n) is 9.15. The van der Waals surface area contributed by atoms with Crippen LogP contribution >= 0.6 is 0 Å². The van der Waals surface area contributed by atoms with Crippen LogP contribution in [0, 0.1) is 6.55 Å². The Hall–Kier alpha value is 2.39. The summed E-state index contributed by atoms with van der Waals surface area (Å²) in [4.78, 5) is 0. The van der Waals surface area contributed by atoms with Crippen molar-refractivity contribution in [3.8, 4) is 0 Å². The number of nitrogens with zero attached hydrogens (tertiary/aromatic N) is 1. The van der Waals surface area contributed by atoms with Gasteiger partial charge in [0.2, 0.25) is 0 Å². The topological polar surface area (TPSA) is 14.1 Å². The third-order valence-corrected chi connectivity index (χ3v) is 5.74. The molecule has 0 amide bonds. The second kappa shape index (κ2) is 6.79. The van der Waals surface area contributed by atoms with Gasteiger partial charge in [0.05, 0.1) is 0 Å². The van der Waals surface area contributed by atoms with Crippen LogP contribution in [-0.2, 0) is 0 Å². The van der Waals surface area contributed by atoms with Gasteiger partial charge in [-0.25, -0.2) is 8.24 Å². The minimum Gasteiger partial charge on any atom is -0.689 e. The van der Waals surface area contributed by atoms with E-state index in [1.54, 1.807) is 0 Å². The molecule has 56 valence electrons. The van der Waals surface area contributed by atoms with Crippen molar-refractivity contribution in [3.05, 3.63) is 11.2 Å². The van der Waals surface area contributed by atoms with Gasteiger partial charge >= 0.3 is 59.1 Å². The van der Waals surface area contributed by atoms with Crippen LogP contribution in [0.4, 0.5) is 0 Å². The molecule has 0 aliphatic heterocycles. The van der Waals surface area contributed by atoms with Gasteiger partial charge in [-0.3, -0.25) is 0 Å². The van der Waals surface area contributed by atoms with Gasteiger partial charge in [-0.05, 0) is 0 Å². The van der Waals surface area contributed by atoms with E-state index in [0.29, 0.717) is 0 Å². The maximum Gasteiger partial charge on any atom is 1.00 e. The van der Waals surface area contributed by atoms with E-state index in [0.717, 1.165) is 0 Å². The monoisotopic (exact) mass is 205 g/mol. The molecule has 1 nitrogen and oxygen atoms in total. The van der Waals surface area contributed by atoms with Crippen molar-refractivity contribution >= 4 is 16.5 Å². The molecule has 0 radical (unpaired) electrons. The molecule has 0 saturated heterocycles. The summed E-state index contributed by atoms with van der Waals surface area (Å²) in [5.74, 6) is 0. The van der Waals surface area contributed by atoms with E-state index in [-0.39, 0.29) is 59.1 Å². The zero-order valence-corrected chi connectivity index (χ0v) is 15.2. The summed E-state index contributed by atoms with van der Waals surface area (Å²) in [5, 5.41) is 0. The molecule has 11 heavy (non-hydrogen) atoms. The Kier molecular flexibility index (Phi) is 11.8. The predicted octanol–water partition coefficient (Wildman–Crippen LogP) is -3.22. The second-order valence-electron chi connectivity index (χ2n) is 4.10. The van der Waals surface area contributed by atoms with Crippen molar-refractivity contribution in [2.45, 2.75) is 32.7 Å². The van der Waals surface area contributed by atoms with Crippen LogP contribution in [0.5, 0.6) is 0 Å². The molecular weight excluding hydrogens is 188 g/mol. The first-order valence-corrected chi connectivity index (χ1v) is 9.90. The summed E-state index contributed by atoms with van der Waals surface area (Å²) in [6, 6.07) is 0. The minimum atomic E-state index is -1.36. The predicted molar refractivity (Wildman–Crippen MR) is 49.5 cm³/mol. The fraction of sp³-hybridized carbons (Fsp3) is 0.833. The molecule has 0 heterocycles. The van der Waals surface area contributed by atoms with Crippen molar-refractivity contribution in [3.63, 3.8) is 0 Å². The Morgan fingerprint density at radius 3 is 1.18 bits per heavy atom. The van der Waals surface area contributed by atoms with Crippen molar-refractivity contribution < 1.29 is 59.1 Å². The molecule has 0 aliphatic carbocycles. The van der Waals surface area contributed by atoms with E-state index in [9.17, 15) is 0 Å². The SMILES string of the molecule is [CH2-][Si](C)(C)[N-][Si](C)(C)C.[Na+].[Na+]. The van der Waals surface area contributed by atoms with Crippen LogP contribution in [0.2, 0.25) is 32.7 Å². The van der Waals surface area contributed by atoms with Gasteiger partial charge in [0.25, 0.3) is 0 Å². The molecule has 0 fully saturated rings. The Bertz CT molecular complexity index is 83.7. The summed E-state index contributed by atoms with van der Waals surface area (Å²) < 4.78 is 4.71. The summed E-state index contributed by atoms with van der Waals surface area (Å²) in [7, 11) is -2.52. The van der Waals surface area contributed by atoms with E-state index in [1.807, 2.05) is 0 Å². The minimum absolute atomic E-state index is 0. The molecular formula is C6H17NNa2Si2. The van der Waals surface area contributed by atoms with Crippen LogP contribution in [0.25, 0.3) is 4.65 Å². The van der Waals surface area contributed by atoms with Gasteiger partial charge in [-0.15, -0.1) is 13.1 Å². The Morgan fingerprint density at radius 2 is 1.18 bits per heavy atom. The zero-order chi connectivity index (χ0) is 7.71. The summed E-state index contributed by atoms with van der Waals surface area (Å²) in [5.41, 5.74) is 0. The van der Waals surface area contributed by atoms with Gasteiger partial charge in [0.15, 0.2) is 0 Å². The van der Waals surface area contributed by atoms with E-state index >= 15 is 0 Å². The number of hydrogen-bond acceptors (Lipinski definition) is 0. The molecule has 0 aromatic carbocycles. The van der Waals surface area contributed by atoms with Crippen molar-refractivity contribution in [2.24, 2.45) is 0 Å². The van der Waals surface area contributed by atoms with Gasteiger partial charge in [-0.2, -0.15) is 0 Å². The first-order valence-electron chi connectivity index (χ1n) is 3.30. The molecule has 0 aromatic rings. The molecule has 0 unspecified atom stereocenters. The fourth-order valence-electron chi connectivity index (χ4n) is 0.908. The molecule has 5 heteroatoms. The number of rotatable bonds is 2.